The van der Waals surface area contributed by atoms with Crippen molar-refractivity contribution in [1.29, 1.82) is 0 Å². The second-order valence-electron chi connectivity index (χ2n) is 6.85. The van der Waals surface area contributed by atoms with Gasteiger partial charge in [0.15, 0.2) is 0 Å². The lowest BCUT2D eigenvalue weighted by Gasteiger charge is -2.44. The minimum atomic E-state index is -0.334. The van der Waals surface area contributed by atoms with Gasteiger partial charge >= 0.3 is 0 Å². The van der Waals surface area contributed by atoms with Gasteiger partial charge in [-0.25, -0.2) is 4.39 Å². The van der Waals surface area contributed by atoms with Gasteiger partial charge in [-0.05, 0) is 30.0 Å². The zero-order valence-corrected chi connectivity index (χ0v) is 13.5. The van der Waals surface area contributed by atoms with E-state index in [9.17, 15) is 4.39 Å². The molecule has 1 fully saturated rings. The minimum absolute atomic E-state index is 0.190. The van der Waals surface area contributed by atoms with Crippen molar-refractivity contribution in [2.45, 2.75) is 46.3 Å². The van der Waals surface area contributed by atoms with Crippen molar-refractivity contribution in [3.63, 3.8) is 0 Å². The highest BCUT2D eigenvalue weighted by Crippen LogP contribution is 2.25. The third kappa shape index (κ3) is 3.72. The van der Waals surface area contributed by atoms with Crippen LogP contribution in [0.25, 0.3) is 0 Å². The van der Waals surface area contributed by atoms with Crippen molar-refractivity contribution in [3.8, 4) is 0 Å². The summed E-state index contributed by atoms with van der Waals surface area (Å²) in [6.07, 6.45) is 0. The molecule has 4 heteroatoms. The maximum Gasteiger partial charge on any atom is 0.142 e. The number of halogens is 2. The first-order valence-corrected chi connectivity index (χ1v) is 7.56. The molecule has 2 unspecified atom stereocenters. The second kappa shape index (κ2) is 6.00. The molecule has 1 N–H and O–H groups in total. The minimum Gasteiger partial charge on any atom is -0.311 e. The highest BCUT2D eigenvalue weighted by Gasteiger charge is 2.32. The number of hydrogen-bond acceptors (Lipinski definition) is 2. The Morgan fingerprint density at radius 2 is 2.10 bits per heavy atom. The molecule has 2 rings (SSSR count). The van der Waals surface area contributed by atoms with Crippen LogP contribution in [0.15, 0.2) is 18.2 Å². The van der Waals surface area contributed by atoms with Gasteiger partial charge in [-0.1, -0.05) is 38.4 Å². The molecular weight excluding hydrogens is 275 g/mol. The van der Waals surface area contributed by atoms with Crippen molar-refractivity contribution in [3.05, 3.63) is 34.6 Å². The molecule has 1 aromatic carbocycles. The molecule has 0 radical (unpaired) electrons. The van der Waals surface area contributed by atoms with E-state index in [1.807, 2.05) is 6.07 Å². The quantitative estimate of drug-likeness (QED) is 0.896. The summed E-state index contributed by atoms with van der Waals surface area (Å²) in [5.74, 6) is -0.334. The van der Waals surface area contributed by atoms with Gasteiger partial charge in [0, 0.05) is 31.7 Å². The normalized spacial score (nSPS) is 24.9. The van der Waals surface area contributed by atoms with Crippen LogP contribution >= 0.6 is 11.6 Å². The Hall–Kier alpha value is -0.640. The Labute approximate surface area is 126 Å². The lowest BCUT2D eigenvalue weighted by Crippen LogP contribution is -2.59. The van der Waals surface area contributed by atoms with Crippen LogP contribution < -0.4 is 5.32 Å². The SMILES string of the molecule is CC1CNC(C(C)(C)C)CN1Cc1ccc(Cl)c(F)c1. The maximum atomic E-state index is 13.5. The van der Waals surface area contributed by atoms with E-state index < -0.39 is 0 Å². The molecule has 1 heterocycles. The van der Waals surface area contributed by atoms with Crippen molar-refractivity contribution < 1.29 is 4.39 Å². The number of nitrogens with one attached hydrogen (secondary N) is 1. The first-order valence-electron chi connectivity index (χ1n) is 7.18. The Balaban J connectivity index is 2.08. The van der Waals surface area contributed by atoms with Crippen molar-refractivity contribution in [1.82, 2.24) is 10.2 Å². The number of hydrogen-bond donors (Lipinski definition) is 1. The van der Waals surface area contributed by atoms with Crippen molar-refractivity contribution in [2.75, 3.05) is 13.1 Å². The summed E-state index contributed by atoms with van der Waals surface area (Å²) < 4.78 is 13.5. The van der Waals surface area contributed by atoms with Gasteiger partial charge in [0.25, 0.3) is 0 Å². The molecule has 1 saturated heterocycles. The largest absolute Gasteiger partial charge is 0.311 e. The van der Waals surface area contributed by atoms with E-state index in [2.05, 4.69) is 37.9 Å². The number of rotatable bonds is 2. The van der Waals surface area contributed by atoms with E-state index in [1.54, 1.807) is 12.1 Å². The van der Waals surface area contributed by atoms with Gasteiger partial charge in [-0.2, -0.15) is 0 Å². The average molecular weight is 299 g/mol. The zero-order chi connectivity index (χ0) is 14.9. The molecule has 20 heavy (non-hydrogen) atoms. The molecule has 1 aliphatic heterocycles. The van der Waals surface area contributed by atoms with Crippen LogP contribution in [-0.2, 0) is 6.54 Å². The summed E-state index contributed by atoms with van der Waals surface area (Å²) in [5.41, 5.74) is 1.21. The van der Waals surface area contributed by atoms with Gasteiger partial charge < -0.3 is 5.32 Å². The molecule has 0 bridgehead atoms. The van der Waals surface area contributed by atoms with Crippen LogP contribution in [0.5, 0.6) is 0 Å². The highest BCUT2D eigenvalue weighted by atomic mass is 35.5. The Bertz CT molecular complexity index is 470. The molecule has 1 aliphatic rings. The molecule has 112 valence electrons. The van der Waals surface area contributed by atoms with Gasteiger partial charge in [-0.15, -0.1) is 0 Å². The third-order valence-corrected chi connectivity index (χ3v) is 4.42. The summed E-state index contributed by atoms with van der Waals surface area (Å²) in [7, 11) is 0. The fraction of sp³-hybridized carbons (Fsp3) is 0.625. The van der Waals surface area contributed by atoms with Gasteiger partial charge in [0.2, 0.25) is 0 Å². The van der Waals surface area contributed by atoms with Crippen LogP contribution in [-0.4, -0.2) is 30.1 Å². The molecule has 1 aromatic rings. The molecule has 0 aliphatic carbocycles. The zero-order valence-electron chi connectivity index (χ0n) is 12.7. The van der Waals surface area contributed by atoms with Crippen molar-refractivity contribution in [2.24, 2.45) is 5.41 Å². The van der Waals surface area contributed by atoms with Gasteiger partial charge in [0.1, 0.15) is 5.82 Å². The van der Waals surface area contributed by atoms with E-state index in [-0.39, 0.29) is 16.3 Å². The molecule has 2 nitrogen and oxygen atoms in total. The first-order chi connectivity index (χ1) is 9.27. The van der Waals surface area contributed by atoms with Crippen LogP contribution in [0.1, 0.15) is 33.3 Å². The predicted molar refractivity (Wildman–Crippen MR) is 82.5 cm³/mol. The van der Waals surface area contributed by atoms with Gasteiger partial charge in [0.05, 0.1) is 5.02 Å². The standard InChI is InChI=1S/C16H24ClFN2/c1-11-8-19-15(16(2,3)4)10-20(11)9-12-5-6-13(17)14(18)7-12/h5-7,11,15,19H,8-10H2,1-4H3. The molecule has 2 atom stereocenters. The Kier molecular flexibility index (Phi) is 4.73. The van der Waals surface area contributed by atoms with E-state index in [1.165, 1.54) is 0 Å². The molecule has 0 amide bonds. The number of nitrogens with zero attached hydrogens (tertiary/aromatic N) is 1. The Morgan fingerprint density at radius 1 is 1.40 bits per heavy atom. The summed E-state index contributed by atoms with van der Waals surface area (Å²) in [5, 5.41) is 3.80. The lowest BCUT2D eigenvalue weighted by atomic mass is 9.84. The summed E-state index contributed by atoms with van der Waals surface area (Å²) >= 11 is 5.74. The fourth-order valence-electron chi connectivity index (χ4n) is 2.59. The van der Waals surface area contributed by atoms with E-state index in [0.29, 0.717) is 12.1 Å². The maximum absolute atomic E-state index is 13.5. The van der Waals surface area contributed by atoms with E-state index >= 15 is 0 Å². The topological polar surface area (TPSA) is 15.3 Å². The first kappa shape index (κ1) is 15.7. The molecule has 0 saturated carbocycles. The predicted octanol–water partition coefficient (Wildman–Crippen LogP) is 3.69. The summed E-state index contributed by atoms with van der Waals surface area (Å²) in [6, 6.07) is 6.00. The number of piperazine rings is 1. The Morgan fingerprint density at radius 3 is 2.70 bits per heavy atom. The average Bonchev–Trinajstić information content (AvgIpc) is 2.35. The summed E-state index contributed by atoms with van der Waals surface area (Å²) in [4.78, 5) is 2.41. The second-order valence-corrected chi connectivity index (χ2v) is 7.26. The smallest absolute Gasteiger partial charge is 0.142 e. The van der Waals surface area contributed by atoms with Crippen LogP contribution in [0.4, 0.5) is 4.39 Å². The van der Waals surface area contributed by atoms with Crippen LogP contribution in [0.3, 0.4) is 0 Å². The molecule has 0 spiro atoms. The molecule has 0 aromatic heterocycles. The van der Waals surface area contributed by atoms with E-state index in [4.69, 9.17) is 11.6 Å². The summed E-state index contributed by atoms with van der Waals surface area (Å²) in [6.45, 7) is 11.7. The highest BCUT2D eigenvalue weighted by molar-refractivity contribution is 6.30. The lowest BCUT2D eigenvalue weighted by molar-refractivity contribution is 0.0876. The molecular formula is C16H24ClFN2. The van der Waals surface area contributed by atoms with Crippen LogP contribution in [0, 0.1) is 11.2 Å². The third-order valence-electron chi connectivity index (χ3n) is 4.12. The fourth-order valence-corrected chi connectivity index (χ4v) is 2.71. The van der Waals surface area contributed by atoms with E-state index in [0.717, 1.165) is 25.2 Å². The van der Waals surface area contributed by atoms with Gasteiger partial charge in [-0.3, -0.25) is 4.90 Å². The van der Waals surface area contributed by atoms with Crippen molar-refractivity contribution >= 4 is 11.6 Å². The number of benzene rings is 1. The monoisotopic (exact) mass is 298 g/mol. The van der Waals surface area contributed by atoms with Crippen LogP contribution in [0.2, 0.25) is 5.02 Å².